The summed E-state index contributed by atoms with van der Waals surface area (Å²) >= 11 is 0. The average molecular weight is 520 g/mol. The Morgan fingerprint density at radius 3 is 2.41 bits per heavy atom. The Kier molecular flexibility index (Phi) is 6.70. The highest BCUT2D eigenvalue weighted by Crippen LogP contribution is 2.30. The highest BCUT2D eigenvalue weighted by molar-refractivity contribution is 5.79. The van der Waals surface area contributed by atoms with Crippen molar-refractivity contribution < 1.29 is 0 Å². The van der Waals surface area contributed by atoms with Gasteiger partial charge in [0.15, 0.2) is 5.82 Å². The van der Waals surface area contributed by atoms with Crippen molar-refractivity contribution in [2.75, 3.05) is 31.1 Å². The number of fused-ring (bicyclic) bond motifs is 1. The van der Waals surface area contributed by atoms with Gasteiger partial charge in [0.25, 0.3) is 5.56 Å². The molecule has 1 fully saturated rings. The predicted octanol–water partition coefficient (Wildman–Crippen LogP) is 4.40. The lowest BCUT2D eigenvalue weighted by molar-refractivity contribution is 0.200. The van der Waals surface area contributed by atoms with Gasteiger partial charge in [0, 0.05) is 42.9 Å². The predicted molar refractivity (Wildman–Crippen MR) is 154 cm³/mol. The van der Waals surface area contributed by atoms with E-state index in [4.69, 9.17) is 0 Å². The van der Waals surface area contributed by atoms with Crippen molar-refractivity contribution in [3.8, 4) is 0 Å². The third-order valence-electron chi connectivity index (χ3n) is 7.69. The molecule has 1 atom stereocenters. The largest absolute Gasteiger partial charge is 0.369 e. The minimum Gasteiger partial charge on any atom is -0.369 e. The first-order chi connectivity index (χ1) is 19.0. The number of tetrazole rings is 1. The van der Waals surface area contributed by atoms with E-state index in [9.17, 15) is 4.79 Å². The molecule has 0 spiro atoms. The van der Waals surface area contributed by atoms with E-state index in [0.717, 1.165) is 48.2 Å². The number of H-pyrrole nitrogens is 1. The summed E-state index contributed by atoms with van der Waals surface area (Å²) in [6.07, 6.45) is 0. The molecule has 39 heavy (non-hydrogen) atoms. The molecule has 1 unspecified atom stereocenters. The van der Waals surface area contributed by atoms with Crippen molar-refractivity contribution >= 4 is 16.6 Å². The summed E-state index contributed by atoms with van der Waals surface area (Å²) in [6.45, 7) is 10.1. The van der Waals surface area contributed by atoms with Crippen LogP contribution in [0.2, 0.25) is 0 Å². The van der Waals surface area contributed by atoms with Crippen molar-refractivity contribution in [1.29, 1.82) is 0 Å². The third-order valence-corrected chi connectivity index (χ3v) is 7.69. The maximum Gasteiger partial charge on any atom is 0.253 e. The van der Waals surface area contributed by atoms with E-state index in [0.29, 0.717) is 17.9 Å². The maximum absolute atomic E-state index is 13.6. The van der Waals surface area contributed by atoms with Crippen molar-refractivity contribution in [3.05, 3.63) is 117 Å². The summed E-state index contributed by atoms with van der Waals surface area (Å²) in [7, 11) is 0. The molecule has 5 aromatic rings. The molecule has 0 amide bonds. The summed E-state index contributed by atoms with van der Waals surface area (Å²) in [5, 5.41) is 13.9. The second-order valence-electron chi connectivity index (χ2n) is 10.5. The van der Waals surface area contributed by atoms with E-state index in [2.05, 4.69) is 86.6 Å². The number of pyridine rings is 1. The van der Waals surface area contributed by atoms with Crippen molar-refractivity contribution in [1.82, 2.24) is 30.1 Å². The number of piperazine rings is 1. The van der Waals surface area contributed by atoms with E-state index >= 15 is 0 Å². The first-order valence-electron chi connectivity index (χ1n) is 13.5. The number of benzene rings is 3. The van der Waals surface area contributed by atoms with Gasteiger partial charge in [-0.1, -0.05) is 54.6 Å². The third kappa shape index (κ3) is 5.07. The molecule has 198 valence electrons. The molecule has 8 heteroatoms. The lowest BCUT2D eigenvalue weighted by Crippen LogP contribution is -2.49. The molecule has 0 aliphatic carbocycles. The standard InChI is InChI=1S/C31H33N7O/c1-21-10-12-25-19-26(31(39)32-27(25)17-21)29(30-33-34-35-38(30)20-24-7-5-4-6-8-24)37-15-13-36(14-16-37)28-18-22(2)9-11-23(28)3/h4-12,17-19,29H,13-16,20H2,1-3H3,(H,32,39). The summed E-state index contributed by atoms with van der Waals surface area (Å²) in [4.78, 5) is 21.5. The molecule has 3 aromatic carbocycles. The Hall–Kier alpha value is -4.30. The number of aryl methyl sites for hydroxylation is 3. The van der Waals surface area contributed by atoms with Crippen LogP contribution in [0.25, 0.3) is 10.9 Å². The first kappa shape index (κ1) is 25.0. The Morgan fingerprint density at radius 2 is 1.62 bits per heavy atom. The number of nitrogens with one attached hydrogen (secondary N) is 1. The quantitative estimate of drug-likeness (QED) is 0.358. The average Bonchev–Trinajstić information content (AvgIpc) is 3.39. The van der Waals surface area contributed by atoms with Crippen LogP contribution in [0.3, 0.4) is 0 Å². The zero-order valence-corrected chi connectivity index (χ0v) is 22.6. The molecular weight excluding hydrogens is 486 g/mol. The minimum absolute atomic E-state index is 0.107. The highest BCUT2D eigenvalue weighted by atomic mass is 16.1. The van der Waals surface area contributed by atoms with Crippen LogP contribution in [0, 0.1) is 20.8 Å². The van der Waals surface area contributed by atoms with Crippen LogP contribution in [-0.2, 0) is 6.54 Å². The monoisotopic (exact) mass is 519 g/mol. The van der Waals surface area contributed by atoms with Crippen LogP contribution < -0.4 is 10.5 Å². The van der Waals surface area contributed by atoms with Gasteiger partial charge in [0.05, 0.1) is 6.54 Å². The SMILES string of the molecule is Cc1ccc(C)c(N2CCN(C(c3cc4ccc(C)cc4[nH]c3=O)c3nnnn3Cc3ccccc3)CC2)c1. The fourth-order valence-electron chi connectivity index (χ4n) is 5.59. The van der Waals surface area contributed by atoms with Gasteiger partial charge < -0.3 is 9.88 Å². The van der Waals surface area contributed by atoms with E-state index in [-0.39, 0.29) is 11.6 Å². The second kappa shape index (κ2) is 10.5. The number of aromatic nitrogens is 5. The van der Waals surface area contributed by atoms with Gasteiger partial charge in [0.2, 0.25) is 0 Å². The number of hydrogen-bond acceptors (Lipinski definition) is 6. The first-order valence-corrected chi connectivity index (χ1v) is 13.5. The molecule has 0 radical (unpaired) electrons. The van der Waals surface area contributed by atoms with Gasteiger partial charge in [-0.3, -0.25) is 9.69 Å². The topological polar surface area (TPSA) is 82.9 Å². The highest BCUT2D eigenvalue weighted by Gasteiger charge is 2.33. The molecule has 0 saturated carbocycles. The van der Waals surface area contributed by atoms with Gasteiger partial charge >= 0.3 is 0 Å². The van der Waals surface area contributed by atoms with Gasteiger partial charge in [-0.25, -0.2) is 4.68 Å². The van der Waals surface area contributed by atoms with Crippen molar-refractivity contribution in [2.24, 2.45) is 0 Å². The van der Waals surface area contributed by atoms with E-state index in [1.807, 2.05) is 41.9 Å². The molecule has 1 saturated heterocycles. The van der Waals surface area contributed by atoms with Crippen LogP contribution in [-0.4, -0.2) is 56.3 Å². The lowest BCUT2D eigenvalue weighted by atomic mass is 10.0. The number of nitrogens with zero attached hydrogens (tertiary/aromatic N) is 6. The van der Waals surface area contributed by atoms with E-state index < -0.39 is 0 Å². The summed E-state index contributed by atoms with van der Waals surface area (Å²) < 4.78 is 1.83. The van der Waals surface area contributed by atoms with E-state index in [1.165, 1.54) is 16.8 Å². The maximum atomic E-state index is 13.6. The molecule has 0 bridgehead atoms. The molecule has 6 rings (SSSR count). The number of anilines is 1. The molecule has 1 aliphatic rings. The molecule has 3 heterocycles. The van der Waals surface area contributed by atoms with Crippen LogP contribution in [0.4, 0.5) is 5.69 Å². The lowest BCUT2D eigenvalue weighted by Gasteiger charge is -2.40. The summed E-state index contributed by atoms with van der Waals surface area (Å²) in [5.74, 6) is 0.677. The fourth-order valence-corrected chi connectivity index (χ4v) is 5.59. The van der Waals surface area contributed by atoms with Crippen LogP contribution in [0.5, 0.6) is 0 Å². The van der Waals surface area contributed by atoms with Crippen LogP contribution >= 0.6 is 0 Å². The Balaban J connectivity index is 1.38. The van der Waals surface area contributed by atoms with Gasteiger partial charge in [0.1, 0.15) is 6.04 Å². The molecular formula is C31H33N7O. The normalized spacial score (nSPS) is 15.1. The Labute approximate surface area is 227 Å². The van der Waals surface area contributed by atoms with E-state index in [1.54, 1.807) is 0 Å². The smallest absolute Gasteiger partial charge is 0.253 e. The Bertz CT molecular complexity index is 1670. The minimum atomic E-state index is -0.376. The van der Waals surface area contributed by atoms with Gasteiger partial charge in [-0.15, -0.1) is 5.10 Å². The zero-order valence-electron chi connectivity index (χ0n) is 22.6. The molecule has 8 nitrogen and oxygen atoms in total. The molecule has 2 aromatic heterocycles. The van der Waals surface area contributed by atoms with Gasteiger partial charge in [-0.2, -0.15) is 0 Å². The van der Waals surface area contributed by atoms with Crippen LogP contribution in [0.1, 0.15) is 39.7 Å². The fraction of sp³-hybridized carbons (Fsp3) is 0.290. The van der Waals surface area contributed by atoms with Crippen molar-refractivity contribution in [3.63, 3.8) is 0 Å². The number of rotatable bonds is 6. The van der Waals surface area contributed by atoms with Crippen LogP contribution in [0.15, 0.2) is 77.6 Å². The number of aromatic amines is 1. The second-order valence-corrected chi connectivity index (χ2v) is 10.5. The van der Waals surface area contributed by atoms with Crippen molar-refractivity contribution in [2.45, 2.75) is 33.4 Å². The Morgan fingerprint density at radius 1 is 0.872 bits per heavy atom. The zero-order chi connectivity index (χ0) is 26.9. The number of hydrogen-bond donors (Lipinski definition) is 1. The molecule has 1 N–H and O–H groups in total. The van der Waals surface area contributed by atoms with Gasteiger partial charge in [-0.05, 0) is 77.0 Å². The summed E-state index contributed by atoms with van der Waals surface area (Å²) in [6, 6.07) is 24.5. The summed E-state index contributed by atoms with van der Waals surface area (Å²) in [5.41, 5.74) is 7.42. The molecule has 1 aliphatic heterocycles.